The average Bonchev–Trinajstić information content (AvgIpc) is 2.41. The summed E-state index contributed by atoms with van der Waals surface area (Å²) >= 11 is 0.838. The quantitative estimate of drug-likeness (QED) is 0.490. The summed E-state index contributed by atoms with van der Waals surface area (Å²) < 4.78 is 1.19. The molecular weight excluding hydrogens is 152 g/mol. The van der Waals surface area contributed by atoms with Crippen LogP contribution in [0, 0.1) is 6.20 Å². The van der Waals surface area contributed by atoms with Crippen LogP contribution in [-0.4, -0.2) is 20.6 Å². The Labute approximate surface area is 60.2 Å². The zero-order valence-electron chi connectivity index (χ0n) is 4.70. The maximum atomic E-state index is 10.8. The molecule has 0 fully saturated rings. The Kier molecular flexibility index (Phi) is 0.960. The summed E-state index contributed by atoms with van der Waals surface area (Å²) in [6.07, 6.45) is 3.83. The van der Waals surface area contributed by atoms with Gasteiger partial charge in [-0.25, -0.2) is 4.98 Å². The highest BCUT2D eigenvalue weighted by atomic mass is 32.2. The first-order valence-corrected chi connectivity index (χ1v) is 3.32. The fourth-order valence-corrected chi connectivity index (χ4v) is 1.38. The van der Waals surface area contributed by atoms with Crippen molar-refractivity contribution in [3.8, 4) is 0 Å². The van der Waals surface area contributed by atoms with Gasteiger partial charge in [0, 0.05) is 6.20 Å². The summed E-state index contributed by atoms with van der Waals surface area (Å²) in [6, 6.07) is 0. The number of thioether (sulfide) groups is 1. The van der Waals surface area contributed by atoms with Gasteiger partial charge in [0.05, 0.1) is 0 Å². The van der Waals surface area contributed by atoms with Gasteiger partial charge in [0.1, 0.15) is 6.20 Å². The minimum Gasteiger partial charge on any atom is -0.275 e. The Morgan fingerprint density at radius 1 is 1.60 bits per heavy atom. The molecule has 1 aromatic rings. The highest BCUT2D eigenvalue weighted by Gasteiger charge is 2.29. The zero-order valence-corrected chi connectivity index (χ0v) is 5.51. The van der Waals surface area contributed by atoms with Gasteiger partial charge in [-0.15, -0.1) is 0 Å². The molecule has 0 bridgehead atoms. The van der Waals surface area contributed by atoms with E-state index < -0.39 is 11.0 Å². The lowest BCUT2D eigenvalue weighted by Crippen LogP contribution is -2.10. The van der Waals surface area contributed by atoms with E-state index >= 15 is 0 Å². The Balaban J connectivity index is 2.63. The second-order valence-electron chi connectivity index (χ2n) is 1.72. The van der Waals surface area contributed by atoms with Crippen molar-refractivity contribution >= 4 is 22.8 Å². The van der Waals surface area contributed by atoms with Crippen LogP contribution in [0.5, 0.6) is 0 Å². The molecule has 0 unspecified atom stereocenters. The molecule has 0 atom stereocenters. The predicted molar refractivity (Wildman–Crippen MR) is 32.6 cm³/mol. The lowest BCUT2D eigenvalue weighted by molar-refractivity contribution is -0.107. The predicted octanol–water partition coefficient (Wildman–Crippen LogP) is -0.0442. The van der Waals surface area contributed by atoms with Crippen molar-refractivity contribution in [2.24, 2.45) is 0 Å². The number of nitrogens with zero attached hydrogens (tertiary/aromatic N) is 2. The van der Waals surface area contributed by atoms with Crippen LogP contribution in [0.25, 0.3) is 0 Å². The summed E-state index contributed by atoms with van der Waals surface area (Å²) in [6.45, 7) is 0. The lowest BCUT2D eigenvalue weighted by atomic mass is 10.6. The first kappa shape index (κ1) is 5.67. The number of imidazole rings is 1. The Morgan fingerprint density at radius 3 is 3.10 bits per heavy atom. The molecule has 0 N–H and O–H groups in total. The van der Waals surface area contributed by atoms with E-state index in [-0.39, 0.29) is 0 Å². The van der Waals surface area contributed by atoms with E-state index in [1.54, 1.807) is 0 Å². The van der Waals surface area contributed by atoms with Crippen molar-refractivity contribution in [3.63, 3.8) is 0 Å². The highest BCUT2D eigenvalue weighted by molar-refractivity contribution is 8.15. The molecule has 49 valence electrons. The van der Waals surface area contributed by atoms with Crippen molar-refractivity contribution in [2.75, 3.05) is 0 Å². The number of aromatic nitrogens is 2. The van der Waals surface area contributed by atoms with Crippen LogP contribution in [-0.2, 0) is 4.79 Å². The number of fused-ring (bicyclic) bond motifs is 1. The van der Waals surface area contributed by atoms with Crippen LogP contribution >= 0.6 is 11.8 Å². The zero-order chi connectivity index (χ0) is 7.14. The van der Waals surface area contributed by atoms with Crippen molar-refractivity contribution in [1.82, 2.24) is 9.55 Å². The fraction of sp³-hybridized carbons (Fsp3) is 0. The van der Waals surface area contributed by atoms with E-state index in [9.17, 15) is 9.59 Å². The first-order chi connectivity index (χ1) is 4.79. The number of rotatable bonds is 0. The lowest BCUT2D eigenvalue weighted by Gasteiger charge is -1.83. The largest absolute Gasteiger partial charge is 0.311 e. The van der Waals surface area contributed by atoms with Gasteiger partial charge in [-0.3, -0.25) is 14.2 Å². The highest BCUT2D eigenvalue weighted by Crippen LogP contribution is 2.23. The molecular formula is C5HN2O2S. The van der Waals surface area contributed by atoms with Gasteiger partial charge in [-0.2, -0.15) is 0 Å². The number of carbonyl (C=O) groups excluding carboxylic acids is 2. The van der Waals surface area contributed by atoms with Crippen LogP contribution in [0.3, 0.4) is 0 Å². The second-order valence-corrected chi connectivity index (χ2v) is 2.66. The van der Waals surface area contributed by atoms with Crippen molar-refractivity contribution < 1.29 is 9.59 Å². The summed E-state index contributed by atoms with van der Waals surface area (Å²) in [5, 5.41) is -0.0634. The summed E-state index contributed by atoms with van der Waals surface area (Å²) in [5.74, 6) is -0.534. The minimum absolute atomic E-state index is 0.412. The molecule has 10 heavy (non-hydrogen) atoms. The summed E-state index contributed by atoms with van der Waals surface area (Å²) in [7, 11) is 0. The van der Waals surface area contributed by atoms with Gasteiger partial charge in [0.2, 0.25) is 0 Å². The van der Waals surface area contributed by atoms with E-state index in [1.165, 1.54) is 10.8 Å². The van der Waals surface area contributed by atoms with Crippen LogP contribution in [0.2, 0.25) is 0 Å². The van der Waals surface area contributed by atoms with Gasteiger partial charge in [-0.1, -0.05) is 0 Å². The van der Waals surface area contributed by atoms with Crippen LogP contribution < -0.4 is 0 Å². The van der Waals surface area contributed by atoms with E-state index in [1.807, 2.05) is 0 Å². The van der Waals surface area contributed by atoms with Crippen LogP contribution in [0.15, 0.2) is 11.4 Å². The molecule has 5 heteroatoms. The molecule has 0 saturated carbocycles. The van der Waals surface area contributed by atoms with Gasteiger partial charge >= 0.3 is 5.91 Å². The van der Waals surface area contributed by atoms with Crippen molar-refractivity contribution in [1.29, 1.82) is 0 Å². The molecule has 1 radical (unpaired) electrons. The molecule has 0 saturated heterocycles. The topological polar surface area (TPSA) is 52.0 Å². The van der Waals surface area contributed by atoms with Crippen LogP contribution in [0.1, 0.15) is 4.79 Å². The first-order valence-electron chi connectivity index (χ1n) is 2.51. The van der Waals surface area contributed by atoms with Gasteiger partial charge < -0.3 is 0 Å². The molecule has 0 aromatic carbocycles. The number of carbonyl (C=O) groups is 2. The monoisotopic (exact) mass is 153 g/mol. The molecule has 4 nitrogen and oxygen atoms in total. The molecule has 1 aliphatic heterocycles. The Bertz CT molecular complexity index is 317. The van der Waals surface area contributed by atoms with E-state index in [4.69, 9.17) is 0 Å². The van der Waals surface area contributed by atoms with Gasteiger partial charge in [-0.05, 0) is 11.8 Å². The molecule has 2 rings (SSSR count). The van der Waals surface area contributed by atoms with Crippen LogP contribution in [0.4, 0.5) is 0 Å². The summed E-state index contributed by atoms with van der Waals surface area (Å²) in [4.78, 5) is 25.1. The third kappa shape index (κ3) is 0.550. The van der Waals surface area contributed by atoms with Gasteiger partial charge in [0.15, 0.2) is 5.16 Å². The van der Waals surface area contributed by atoms with E-state index in [2.05, 4.69) is 11.2 Å². The SMILES string of the molecule is O=C1Sc2n[c]cn2C1=O. The Hall–Kier alpha value is -1.10. The summed E-state index contributed by atoms with van der Waals surface area (Å²) in [5.41, 5.74) is 0. The number of hydrogen-bond donors (Lipinski definition) is 0. The maximum Gasteiger partial charge on any atom is 0.311 e. The van der Waals surface area contributed by atoms with Crippen molar-refractivity contribution in [2.45, 2.75) is 5.16 Å². The molecule has 1 aromatic heterocycles. The minimum atomic E-state index is -0.534. The number of hydrogen-bond acceptors (Lipinski definition) is 4. The Morgan fingerprint density at radius 2 is 2.40 bits per heavy atom. The van der Waals surface area contributed by atoms with Gasteiger partial charge in [0.25, 0.3) is 5.12 Å². The van der Waals surface area contributed by atoms with Crippen molar-refractivity contribution in [3.05, 3.63) is 12.4 Å². The third-order valence-corrected chi connectivity index (χ3v) is 1.96. The molecule has 0 aliphatic carbocycles. The maximum absolute atomic E-state index is 10.8. The molecule has 0 spiro atoms. The normalized spacial score (nSPS) is 16.0. The van der Waals surface area contributed by atoms with E-state index in [0.29, 0.717) is 5.16 Å². The molecule has 2 heterocycles. The molecule has 0 amide bonds. The second kappa shape index (κ2) is 1.69. The third-order valence-electron chi connectivity index (χ3n) is 1.13. The van der Waals surface area contributed by atoms with E-state index in [0.717, 1.165) is 11.8 Å². The fourth-order valence-electron chi connectivity index (χ4n) is 0.693. The standard InChI is InChI=1S/C5HN2O2S/c8-3-4(9)10-5-6-1-2-7(3)5/h2H. The molecule has 1 aliphatic rings. The smallest absolute Gasteiger partial charge is 0.275 e. The average molecular weight is 153 g/mol.